The fraction of sp³-hybridized carbons (Fsp3) is 0.333. The molecule has 0 heterocycles. The zero-order valence-corrected chi connectivity index (χ0v) is 9.38. The van der Waals surface area contributed by atoms with Crippen molar-refractivity contribution in [3.63, 3.8) is 0 Å². The fourth-order valence-corrected chi connectivity index (χ4v) is 1.60. The molecular formula is C9H12INO. The molecule has 0 aliphatic carbocycles. The second kappa shape index (κ2) is 4.09. The summed E-state index contributed by atoms with van der Waals surface area (Å²) in [5.74, 6) is 0.883. The Labute approximate surface area is 86.2 Å². The summed E-state index contributed by atoms with van der Waals surface area (Å²) in [4.78, 5) is 0. The summed E-state index contributed by atoms with van der Waals surface area (Å²) < 4.78 is 6.37. The minimum Gasteiger partial charge on any atom is -0.497 e. The molecule has 1 rings (SSSR count). The van der Waals surface area contributed by atoms with Crippen molar-refractivity contribution >= 4 is 22.6 Å². The monoisotopic (exact) mass is 277 g/mol. The van der Waals surface area contributed by atoms with E-state index in [9.17, 15) is 0 Å². The maximum atomic E-state index is 5.58. The predicted octanol–water partition coefficient (Wildman–Crippen LogP) is 2.07. The van der Waals surface area contributed by atoms with Crippen LogP contribution in [-0.2, 0) is 6.54 Å². The third kappa shape index (κ3) is 1.90. The van der Waals surface area contributed by atoms with Gasteiger partial charge in [-0.1, -0.05) is 0 Å². The van der Waals surface area contributed by atoms with Crippen LogP contribution in [0.1, 0.15) is 11.1 Å². The number of nitrogens with two attached hydrogens (primary N) is 1. The molecule has 2 N–H and O–H groups in total. The number of hydrogen-bond acceptors (Lipinski definition) is 2. The molecule has 0 unspecified atom stereocenters. The Morgan fingerprint density at radius 1 is 1.50 bits per heavy atom. The fourth-order valence-electron chi connectivity index (χ4n) is 1.07. The van der Waals surface area contributed by atoms with Crippen molar-refractivity contribution in [3.8, 4) is 5.75 Å². The predicted molar refractivity (Wildman–Crippen MR) is 58.3 cm³/mol. The van der Waals surface area contributed by atoms with Gasteiger partial charge in [-0.25, -0.2) is 0 Å². The number of hydrogen-bond donors (Lipinski definition) is 1. The van der Waals surface area contributed by atoms with E-state index in [1.807, 2.05) is 12.1 Å². The first-order valence-corrected chi connectivity index (χ1v) is 4.80. The molecular weight excluding hydrogens is 265 g/mol. The Morgan fingerprint density at radius 3 is 2.67 bits per heavy atom. The van der Waals surface area contributed by atoms with Gasteiger partial charge in [-0.2, -0.15) is 0 Å². The highest BCUT2D eigenvalue weighted by Crippen LogP contribution is 2.23. The molecule has 0 atom stereocenters. The van der Waals surface area contributed by atoms with Crippen molar-refractivity contribution in [3.05, 3.63) is 26.8 Å². The Bertz CT molecular complexity index is 286. The third-order valence-corrected chi connectivity index (χ3v) is 3.30. The average Bonchev–Trinajstić information content (AvgIpc) is 2.09. The van der Waals surface area contributed by atoms with E-state index in [1.165, 1.54) is 9.13 Å². The van der Waals surface area contributed by atoms with Crippen molar-refractivity contribution in [1.82, 2.24) is 0 Å². The van der Waals surface area contributed by atoms with Crippen LogP contribution >= 0.6 is 22.6 Å². The van der Waals surface area contributed by atoms with Gasteiger partial charge < -0.3 is 10.5 Å². The molecule has 1 aromatic rings. The zero-order chi connectivity index (χ0) is 9.14. The lowest BCUT2D eigenvalue weighted by Crippen LogP contribution is -2.01. The van der Waals surface area contributed by atoms with Crippen LogP contribution in [0.15, 0.2) is 12.1 Å². The minimum atomic E-state index is 0.566. The SMILES string of the molecule is COc1cc(C)c(I)c(CN)c1. The third-order valence-electron chi connectivity index (χ3n) is 1.76. The molecule has 0 saturated carbocycles. The number of rotatable bonds is 2. The molecule has 0 bridgehead atoms. The molecule has 0 aromatic heterocycles. The Hall–Kier alpha value is -0.290. The van der Waals surface area contributed by atoms with Crippen LogP contribution < -0.4 is 10.5 Å². The normalized spacial score (nSPS) is 10.0. The van der Waals surface area contributed by atoms with Gasteiger partial charge in [0.05, 0.1) is 7.11 Å². The Balaban J connectivity index is 3.19. The number of methoxy groups -OCH3 is 1. The maximum absolute atomic E-state index is 5.58. The van der Waals surface area contributed by atoms with Crippen LogP contribution in [0.3, 0.4) is 0 Å². The highest BCUT2D eigenvalue weighted by Gasteiger charge is 2.03. The van der Waals surface area contributed by atoms with E-state index >= 15 is 0 Å². The van der Waals surface area contributed by atoms with Crippen LogP contribution in [0.4, 0.5) is 0 Å². The topological polar surface area (TPSA) is 35.2 Å². The summed E-state index contributed by atoms with van der Waals surface area (Å²) in [7, 11) is 1.67. The lowest BCUT2D eigenvalue weighted by atomic mass is 10.1. The quantitative estimate of drug-likeness (QED) is 0.840. The first-order valence-electron chi connectivity index (χ1n) is 3.72. The standard InChI is InChI=1S/C9H12INO/c1-6-3-8(12-2)4-7(5-11)9(6)10/h3-4H,5,11H2,1-2H3. The summed E-state index contributed by atoms with van der Waals surface area (Å²) in [6, 6.07) is 4.00. The van der Waals surface area contributed by atoms with E-state index in [0.717, 1.165) is 11.3 Å². The largest absolute Gasteiger partial charge is 0.497 e. The second-order valence-electron chi connectivity index (χ2n) is 2.62. The van der Waals surface area contributed by atoms with E-state index in [-0.39, 0.29) is 0 Å². The molecule has 0 fully saturated rings. The number of ether oxygens (including phenoxy) is 1. The van der Waals surface area contributed by atoms with Gasteiger partial charge >= 0.3 is 0 Å². The van der Waals surface area contributed by atoms with Crippen LogP contribution in [0.25, 0.3) is 0 Å². The number of aryl methyl sites for hydroxylation is 1. The van der Waals surface area contributed by atoms with Crippen molar-refractivity contribution in [2.45, 2.75) is 13.5 Å². The molecule has 66 valence electrons. The molecule has 0 aliphatic heterocycles. The van der Waals surface area contributed by atoms with Gasteiger partial charge in [-0.15, -0.1) is 0 Å². The second-order valence-corrected chi connectivity index (χ2v) is 3.70. The molecule has 0 radical (unpaired) electrons. The van der Waals surface area contributed by atoms with Crippen LogP contribution in [0, 0.1) is 10.5 Å². The summed E-state index contributed by atoms with van der Waals surface area (Å²) in [6.45, 7) is 2.62. The zero-order valence-electron chi connectivity index (χ0n) is 7.23. The maximum Gasteiger partial charge on any atom is 0.119 e. The van der Waals surface area contributed by atoms with Crippen molar-refractivity contribution < 1.29 is 4.74 Å². The van der Waals surface area contributed by atoms with Gasteiger partial charge in [-0.05, 0) is 52.8 Å². The van der Waals surface area contributed by atoms with E-state index < -0.39 is 0 Å². The summed E-state index contributed by atoms with van der Waals surface area (Å²) >= 11 is 2.30. The molecule has 0 saturated heterocycles. The Morgan fingerprint density at radius 2 is 2.17 bits per heavy atom. The number of halogens is 1. The van der Waals surface area contributed by atoms with Gasteiger partial charge in [0.25, 0.3) is 0 Å². The van der Waals surface area contributed by atoms with Crippen molar-refractivity contribution in [2.75, 3.05) is 7.11 Å². The lowest BCUT2D eigenvalue weighted by Gasteiger charge is -2.08. The molecule has 0 spiro atoms. The van der Waals surface area contributed by atoms with E-state index in [2.05, 4.69) is 29.5 Å². The molecule has 3 heteroatoms. The van der Waals surface area contributed by atoms with Gasteiger partial charge in [-0.3, -0.25) is 0 Å². The summed E-state index contributed by atoms with van der Waals surface area (Å²) in [5.41, 5.74) is 7.95. The van der Waals surface area contributed by atoms with E-state index in [1.54, 1.807) is 7.11 Å². The average molecular weight is 277 g/mol. The lowest BCUT2D eigenvalue weighted by molar-refractivity contribution is 0.414. The van der Waals surface area contributed by atoms with Gasteiger partial charge in [0.15, 0.2) is 0 Å². The number of benzene rings is 1. The molecule has 2 nitrogen and oxygen atoms in total. The van der Waals surface area contributed by atoms with Crippen molar-refractivity contribution in [2.24, 2.45) is 5.73 Å². The first-order chi connectivity index (χ1) is 5.69. The van der Waals surface area contributed by atoms with Gasteiger partial charge in [0.2, 0.25) is 0 Å². The van der Waals surface area contributed by atoms with Gasteiger partial charge in [0.1, 0.15) is 5.75 Å². The molecule has 12 heavy (non-hydrogen) atoms. The summed E-state index contributed by atoms with van der Waals surface area (Å²) in [5, 5.41) is 0. The van der Waals surface area contributed by atoms with E-state index in [0.29, 0.717) is 6.54 Å². The molecule has 0 amide bonds. The highest BCUT2D eigenvalue weighted by atomic mass is 127. The van der Waals surface area contributed by atoms with Crippen LogP contribution in [0.5, 0.6) is 5.75 Å². The van der Waals surface area contributed by atoms with Crippen LogP contribution in [-0.4, -0.2) is 7.11 Å². The first kappa shape index (κ1) is 9.80. The molecule has 0 aliphatic rings. The highest BCUT2D eigenvalue weighted by molar-refractivity contribution is 14.1. The molecule has 1 aromatic carbocycles. The Kier molecular flexibility index (Phi) is 3.34. The minimum absolute atomic E-state index is 0.566. The summed E-state index contributed by atoms with van der Waals surface area (Å²) in [6.07, 6.45) is 0. The van der Waals surface area contributed by atoms with E-state index in [4.69, 9.17) is 10.5 Å². The van der Waals surface area contributed by atoms with Gasteiger partial charge in [0, 0.05) is 10.1 Å². The smallest absolute Gasteiger partial charge is 0.119 e. The van der Waals surface area contributed by atoms with Crippen LogP contribution in [0.2, 0.25) is 0 Å². The van der Waals surface area contributed by atoms with Crippen molar-refractivity contribution in [1.29, 1.82) is 0 Å².